The van der Waals surface area contributed by atoms with E-state index in [0.717, 1.165) is 11.1 Å². The number of aromatic nitrogens is 4. The second kappa shape index (κ2) is 8.77. The maximum atomic E-state index is 12.9. The molecule has 3 aromatic heterocycles. The number of carbonyl (C=O) groups excluding carboxylic acids is 1. The number of carbonyl (C=O) groups is 1. The van der Waals surface area contributed by atoms with E-state index in [0.29, 0.717) is 31.1 Å². The Kier molecular flexibility index (Phi) is 5.95. The normalized spacial score (nSPS) is 10.5. The second-order valence-corrected chi connectivity index (χ2v) is 5.61. The van der Waals surface area contributed by atoms with Crippen LogP contribution < -0.4 is 0 Å². The van der Waals surface area contributed by atoms with Crippen LogP contribution in [0.3, 0.4) is 0 Å². The van der Waals surface area contributed by atoms with Gasteiger partial charge >= 0.3 is 0 Å². The Labute approximate surface area is 151 Å². The van der Waals surface area contributed by atoms with Crippen molar-refractivity contribution in [1.29, 1.82) is 0 Å². The lowest BCUT2D eigenvalue weighted by molar-refractivity contribution is 0.0679. The maximum Gasteiger partial charge on any atom is 0.257 e. The molecular weight excluding hydrogens is 330 g/mol. The lowest BCUT2D eigenvalue weighted by Gasteiger charge is -2.22. The fraction of sp³-hybridized carbons (Fsp3) is 0.211. The number of hydrogen-bond acceptors (Lipinski definition) is 6. The SMILES string of the molecule is COCCN(Cc1ccncc1)C(=O)c1cnc(-c2cccnc2)nc1. The molecule has 7 heteroatoms. The van der Waals surface area contributed by atoms with Crippen LogP contribution in [0.25, 0.3) is 11.4 Å². The molecule has 26 heavy (non-hydrogen) atoms. The summed E-state index contributed by atoms with van der Waals surface area (Å²) in [6.45, 7) is 1.39. The minimum absolute atomic E-state index is 0.142. The van der Waals surface area contributed by atoms with Gasteiger partial charge in [-0.25, -0.2) is 9.97 Å². The van der Waals surface area contributed by atoms with E-state index < -0.39 is 0 Å². The molecule has 0 bridgehead atoms. The van der Waals surface area contributed by atoms with Gasteiger partial charge in [0.25, 0.3) is 5.91 Å². The van der Waals surface area contributed by atoms with Crippen LogP contribution >= 0.6 is 0 Å². The Morgan fingerprint density at radius 2 is 1.81 bits per heavy atom. The third kappa shape index (κ3) is 4.46. The van der Waals surface area contributed by atoms with Gasteiger partial charge in [0.2, 0.25) is 0 Å². The Bertz CT molecular complexity index is 826. The van der Waals surface area contributed by atoms with Crippen molar-refractivity contribution in [3.63, 3.8) is 0 Å². The summed E-state index contributed by atoms with van der Waals surface area (Å²) in [5, 5.41) is 0. The molecule has 132 valence electrons. The van der Waals surface area contributed by atoms with Crippen molar-refractivity contribution in [2.24, 2.45) is 0 Å². The largest absolute Gasteiger partial charge is 0.383 e. The fourth-order valence-electron chi connectivity index (χ4n) is 2.43. The zero-order valence-corrected chi connectivity index (χ0v) is 14.4. The van der Waals surface area contributed by atoms with E-state index in [1.165, 1.54) is 0 Å². The van der Waals surface area contributed by atoms with Crippen molar-refractivity contribution in [3.05, 3.63) is 72.6 Å². The van der Waals surface area contributed by atoms with Crippen LogP contribution in [-0.2, 0) is 11.3 Å². The summed E-state index contributed by atoms with van der Waals surface area (Å²) in [5.41, 5.74) is 2.24. The first-order chi connectivity index (χ1) is 12.8. The zero-order chi connectivity index (χ0) is 18.2. The minimum atomic E-state index is -0.142. The summed E-state index contributed by atoms with van der Waals surface area (Å²) in [5.74, 6) is 0.392. The molecule has 0 spiro atoms. The second-order valence-electron chi connectivity index (χ2n) is 5.61. The number of amides is 1. The van der Waals surface area contributed by atoms with Gasteiger partial charge < -0.3 is 9.64 Å². The molecule has 0 aliphatic rings. The number of pyridine rings is 2. The fourth-order valence-corrected chi connectivity index (χ4v) is 2.43. The van der Waals surface area contributed by atoms with Gasteiger partial charge in [-0.05, 0) is 29.8 Å². The van der Waals surface area contributed by atoms with Crippen LogP contribution in [0.4, 0.5) is 0 Å². The topological polar surface area (TPSA) is 81.1 Å². The predicted octanol–water partition coefficient (Wildman–Crippen LogP) is 2.22. The van der Waals surface area contributed by atoms with Crippen LogP contribution in [0.15, 0.2) is 61.4 Å². The van der Waals surface area contributed by atoms with E-state index in [4.69, 9.17) is 4.74 Å². The summed E-state index contributed by atoms with van der Waals surface area (Å²) in [4.78, 5) is 31.2. The first-order valence-corrected chi connectivity index (χ1v) is 8.17. The van der Waals surface area contributed by atoms with Gasteiger partial charge in [-0.3, -0.25) is 14.8 Å². The van der Waals surface area contributed by atoms with Gasteiger partial charge in [0.1, 0.15) is 0 Å². The molecule has 0 fully saturated rings. The summed E-state index contributed by atoms with van der Waals surface area (Å²) in [6.07, 6.45) is 9.88. The first kappa shape index (κ1) is 17.6. The monoisotopic (exact) mass is 349 g/mol. The highest BCUT2D eigenvalue weighted by molar-refractivity contribution is 5.93. The lowest BCUT2D eigenvalue weighted by Crippen LogP contribution is -2.33. The molecular formula is C19H19N5O2. The molecule has 0 N–H and O–H groups in total. The predicted molar refractivity (Wildman–Crippen MR) is 96.1 cm³/mol. The highest BCUT2D eigenvalue weighted by Gasteiger charge is 2.17. The molecule has 0 atom stereocenters. The summed E-state index contributed by atoms with van der Waals surface area (Å²) in [6, 6.07) is 7.46. The van der Waals surface area contributed by atoms with Crippen LogP contribution in [-0.4, -0.2) is 51.0 Å². The molecule has 0 unspecified atom stereocenters. The molecule has 0 aromatic carbocycles. The highest BCUT2D eigenvalue weighted by atomic mass is 16.5. The van der Waals surface area contributed by atoms with E-state index in [-0.39, 0.29) is 5.91 Å². The maximum absolute atomic E-state index is 12.9. The van der Waals surface area contributed by atoms with Crippen molar-refractivity contribution in [2.45, 2.75) is 6.54 Å². The van der Waals surface area contributed by atoms with Crippen molar-refractivity contribution < 1.29 is 9.53 Å². The highest BCUT2D eigenvalue weighted by Crippen LogP contribution is 2.14. The van der Waals surface area contributed by atoms with Gasteiger partial charge in [-0.15, -0.1) is 0 Å². The Hall–Kier alpha value is -3.19. The van der Waals surface area contributed by atoms with Crippen molar-refractivity contribution in [3.8, 4) is 11.4 Å². The number of rotatable bonds is 7. The van der Waals surface area contributed by atoms with Gasteiger partial charge in [0.05, 0.1) is 12.2 Å². The smallest absolute Gasteiger partial charge is 0.257 e. The number of ether oxygens (including phenoxy) is 1. The van der Waals surface area contributed by atoms with Crippen molar-refractivity contribution in [1.82, 2.24) is 24.8 Å². The molecule has 7 nitrogen and oxygen atoms in total. The van der Waals surface area contributed by atoms with E-state index in [1.54, 1.807) is 49.2 Å². The molecule has 0 radical (unpaired) electrons. The summed E-state index contributed by atoms with van der Waals surface area (Å²) < 4.78 is 5.13. The standard InChI is InChI=1S/C19H19N5O2/c1-26-10-9-24(14-15-4-7-20-8-5-15)19(25)17-12-22-18(23-13-17)16-3-2-6-21-11-16/h2-8,11-13H,9-10,14H2,1H3. The van der Waals surface area contributed by atoms with Gasteiger partial charge in [0.15, 0.2) is 5.82 Å². The van der Waals surface area contributed by atoms with Gasteiger partial charge in [0, 0.05) is 62.9 Å². The van der Waals surface area contributed by atoms with Crippen LogP contribution in [0.2, 0.25) is 0 Å². The van der Waals surface area contributed by atoms with Crippen molar-refractivity contribution in [2.75, 3.05) is 20.3 Å². The van der Waals surface area contributed by atoms with E-state index in [9.17, 15) is 4.79 Å². The molecule has 0 aliphatic carbocycles. The average molecular weight is 349 g/mol. The Morgan fingerprint density at radius 3 is 2.46 bits per heavy atom. The molecule has 3 heterocycles. The molecule has 3 aromatic rings. The Morgan fingerprint density at radius 1 is 1.04 bits per heavy atom. The van der Waals surface area contributed by atoms with E-state index in [1.807, 2.05) is 24.3 Å². The lowest BCUT2D eigenvalue weighted by atomic mass is 10.2. The van der Waals surface area contributed by atoms with Gasteiger partial charge in [-0.2, -0.15) is 0 Å². The molecule has 1 amide bonds. The molecule has 0 saturated heterocycles. The molecule has 0 aliphatic heterocycles. The third-order valence-electron chi connectivity index (χ3n) is 3.79. The number of hydrogen-bond donors (Lipinski definition) is 0. The third-order valence-corrected chi connectivity index (χ3v) is 3.79. The molecule has 0 saturated carbocycles. The van der Waals surface area contributed by atoms with Crippen LogP contribution in [0, 0.1) is 0 Å². The van der Waals surface area contributed by atoms with Crippen LogP contribution in [0.1, 0.15) is 15.9 Å². The van der Waals surface area contributed by atoms with Crippen molar-refractivity contribution >= 4 is 5.91 Å². The minimum Gasteiger partial charge on any atom is -0.383 e. The average Bonchev–Trinajstić information content (AvgIpc) is 2.72. The molecule has 3 rings (SSSR count). The van der Waals surface area contributed by atoms with E-state index >= 15 is 0 Å². The Balaban J connectivity index is 1.77. The number of methoxy groups -OCH3 is 1. The zero-order valence-electron chi connectivity index (χ0n) is 14.4. The van der Waals surface area contributed by atoms with E-state index in [2.05, 4.69) is 19.9 Å². The summed E-state index contributed by atoms with van der Waals surface area (Å²) >= 11 is 0. The number of nitrogens with zero attached hydrogens (tertiary/aromatic N) is 5. The quantitative estimate of drug-likeness (QED) is 0.651. The van der Waals surface area contributed by atoms with Crippen LogP contribution in [0.5, 0.6) is 0 Å². The first-order valence-electron chi connectivity index (χ1n) is 8.17. The van der Waals surface area contributed by atoms with Gasteiger partial charge in [-0.1, -0.05) is 0 Å². The summed E-state index contributed by atoms with van der Waals surface area (Å²) in [7, 11) is 1.61.